The summed E-state index contributed by atoms with van der Waals surface area (Å²) in [7, 11) is 0. The van der Waals surface area contributed by atoms with Gasteiger partial charge in [0.1, 0.15) is 6.54 Å². The minimum Gasteiger partial charge on any atom is -0.464 e. The summed E-state index contributed by atoms with van der Waals surface area (Å²) in [5.41, 5.74) is 0.996. The lowest BCUT2D eigenvalue weighted by atomic mass is 10.1. The van der Waals surface area contributed by atoms with Gasteiger partial charge in [0.15, 0.2) is 0 Å². The molecule has 2 rings (SSSR count). The van der Waals surface area contributed by atoms with E-state index in [1.54, 1.807) is 12.3 Å². The van der Waals surface area contributed by atoms with Crippen LogP contribution in [0.5, 0.6) is 0 Å². The summed E-state index contributed by atoms with van der Waals surface area (Å²) in [5, 5.41) is 0. The van der Waals surface area contributed by atoms with Gasteiger partial charge < -0.3 is 9.30 Å². The molecule has 0 saturated heterocycles. The highest BCUT2D eigenvalue weighted by atomic mass is 79.9. The van der Waals surface area contributed by atoms with Crippen molar-refractivity contribution < 1.29 is 9.53 Å². The van der Waals surface area contributed by atoms with Gasteiger partial charge in [0.25, 0.3) is 5.56 Å². The molecule has 5 heteroatoms. The Hall–Kier alpha value is -1.88. The molecule has 0 amide bonds. The first-order valence-electron chi connectivity index (χ1n) is 6.71. The van der Waals surface area contributed by atoms with E-state index < -0.39 is 5.97 Å². The van der Waals surface area contributed by atoms with Gasteiger partial charge in [0.2, 0.25) is 0 Å². The molecule has 0 saturated carbocycles. The number of rotatable bonds is 6. The zero-order valence-corrected chi connectivity index (χ0v) is 13.1. The second-order valence-corrected chi connectivity index (χ2v) is 5.54. The maximum absolute atomic E-state index is 11.7. The van der Waals surface area contributed by atoms with Gasteiger partial charge in [-0.2, -0.15) is 0 Å². The van der Waals surface area contributed by atoms with E-state index in [0.29, 0.717) is 6.61 Å². The number of hydrogen-bond acceptors (Lipinski definition) is 3. The number of pyridine rings is 1. The SMILES string of the molecule is O=C(Cn1cc(Br)ccc1=O)OCCCc1ccccc1. The van der Waals surface area contributed by atoms with Crippen LogP contribution in [0.25, 0.3) is 0 Å². The molecule has 0 aliphatic carbocycles. The highest BCUT2D eigenvalue weighted by molar-refractivity contribution is 9.10. The van der Waals surface area contributed by atoms with Crippen LogP contribution in [-0.2, 0) is 22.5 Å². The van der Waals surface area contributed by atoms with Gasteiger partial charge in [-0.3, -0.25) is 9.59 Å². The summed E-state index contributed by atoms with van der Waals surface area (Å²) < 4.78 is 7.22. The van der Waals surface area contributed by atoms with Crippen molar-refractivity contribution >= 4 is 21.9 Å². The summed E-state index contributed by atoms with van der Waals surface area (Å²) in [6, 6.07) is 13.1. The van der Waals surface area contributed by atoms with E-state index >= 15 is 0 Å². The molecule has 1 aromatic heterocycles. The maximum atomic E-state index is 11.7. The first-order chi connectivity index (χ1) is 10.1. The number of hydrogen-bond donors (Lipinski definition) is 0. The standard InChI is InChI=1S/C16H16BrNO3/c17-14-8-9-15(19)18(11-14)12-16(20)21-10-4-7-13-5-2-1-3-6-13/h1-3,5-6,8-9,11H,4,7,10,12H2. The number of carbonyl (C=O) groups excluding carboxylic acids is 1. The van der Waals surface area contributed by atoms with Gasteiger partial charge in [-0.15, -0.1) is 0 Å². The average molecular weight is 350 g/mol. The Kier molecular flexibility index (Phi) is 5.75. The van der Waals surface area contributed by atoms with Crippen molar-refractivity contribution in [1.82, 2.24) is 4.57 Å². The third-order valence-electron chi connectivity index (χ3n) is 2.96. The molecule has 0 aliphatic rings. The van der Waals surface area contributed by atoms with Crippen molar-refractivity contribution in [3.63, 3.8) is 0 Å². The van der Waals surface area contributed by atoms with Crippen LogP contribution in [0, 0.1) is 0 Å². The Bertz CT molecular complexity index is 652. The van der Waals surface area contributed by atoms with Crippen LogP contribution in [0.3, 0.4) is 0 Å². The van der Waals surface area contributed by atoms with Crippen LogP contribution >= 0.6 is 15.9 Å². The van der Waals surface area contributed by atoms with Crippen molar-refractivity contribution in [2.24, 2.45) is 0 Å². The summed E-state index contributed by atoms with van der Waals surface area (Å²) in [6.45, 7) is 0.292. The van der Waals surface area contributed by atoms with Gasteiger partial charge in [-0.05, 0) is 40.4 Å². The fourth-order valence-corrected chi connectivity index (χ4v) is 2.30. The zero-order chi connectivity index (χ0) is 15.1. The molecular formula is C16H16BrNO3. The highest BCUT2D eigenvalue weighted by Gasteiger charge is 2.06. The average Bonchev–Trinajstić information content (AvgIpc) is 2.48. The van der Waals surface area contributed by atoms with E-state index in [4.69, 9.17) is 4.74 Å². The number of aryl methyl sites for hydroxylation is 1. The molecule has 0 unspecified atom stereocenters. The Balaban J connectivity index is 1.75. The van der Waals surface area contributed by atoms with E-state index in [0.717, 1.165) is 17.3 Å². The fraction of sp³-hybridized carbons (Fsp3) is 0.250. The minimum absolute atomic E-state index is 0.0659. The predicted molar refractivity (Wildman–Crippen MR) is 84.1 cm³/mol. The van der Waals surface area contributed by atoms with E-state index in [1.807, 2.05) is 30.3 Å². The summed E-state index contributed by atoms with van der Waals surface area (Å²) >= 11 is 3.26. The van der Waals surface area contributed by atoms with Crippen molar-refractivity contribution in [1.29, 1.82) is 0 Å². The minimum atomic E-state index is -0.400. The molecule has 110 valence electrons. The fourth-order valence-electron chi connectivity index (χ4n) is 1.92. The van der Waals surface area contributed by atoms with E-state index in [2.05, 4.69) is 15.9 Å². The van der Waals surface area contributed by atoms with Gasteiger partial charge in [0, 0.05) is 16.7 Å². The normalized spacial score (nSPS) is 10.3. The number of nitrogens with zero attached hydrogens (tertiary/aromatic N) is 1. The van der Waals surface area contributed by atoms with Crippen molar-refractivity contribution in [2.75, 3.05) is 6.61 Å². The molecule has 0 bridgehead atoms. The smallest absolute Gasteiger partial charge is 0.326 e. The quantitative estimate of drug-likeness (QED) is 0.595. The van der Waals surface area contributed by atoms with Crippen LogP contribution in [0.1, 0.15) is 12.0 Å². The van der Waals surface area contributed by atoms with Gasteiger partial charge in [-0.25, -0.2) is 0 Å². The van der Waals surface area contributed by atoms with Gasteiger partial charge in [0.05, 0.1) is 6.61 Å². The largest absolute Gasteiger partial charge is 0.464 e. The van der Waals surface area contributed by atoms with Crippen molar-refractivity contribution in [3.8, 4) is 0 Å². The molecule has 0 spiro atoms. The second-order valence-electron chi connectivity index (χ2n) is 4.62. The number of aromatic nitrogens is 1. The van der Waals surface area contributed by atoms with E-state index in [1.165, 1.54) is 16.2 Å². The first kappa shape index (κ1) is 15.5. The predicted octanol–water partition coefficient (Wildman–Crippen LogP) is 2.79. The molecule has 0 radical (unpaired) electrons. The Morgan fingerprint density at radius 1 is 1.14 bits per heavy atom. The van der Waals surface area contributed by atoms with E-state index in [9.17, 15) is 9.59 Å². The lowest BCUT2D eigenvalue weighted by Gasteiger charge is -2.07. The van der Waals surface area contributed by atoms with Gasteiger partial charge in [-0.1, -0.05) is 30.3 Å². The molecule has 4 nitrogen and oxygen atoms in total. The first-order valence-corrected chi connectivity index (χ1v) is 7.50. The molecule has 21 heavy (non-hydrogen) atoms. The molecule has 1 heterocycles. The molecular weight excluding hydrogens is 334 g/mol. The number of ether oxygens (including phenoxy) is 1. The lowest BCUT2D eigenvalue weighted by molar-refractivity contribution is -0.144. The van der Waals surface area contributed by atoms with E-state index in [-0.39, 0.29) is 12.1 Å². The Labute approximate surface area is 131 Å². The summed E-state index contributed by atoms with van der Waals surface area (Å²) in [6.07, 6.45) is 3.21. The zero-order valence-electron chi connectivity index (χ0n) is 11.5. The monoisotopic (exact) mass is 349 g/mol. The van der Waals surface area contributed by atoms with Crippen molar-refractivity contribution in [3.05, 3.63) is 69.1 Å². The number of halogens is 1. The van der Waals surface area contributed by atoms with Crippen molar-refractivity contribution in [2.45, 2.75) is 19.4 Å². The molecule has 0 N–H and O–H groups in total. The molecule has 0 aliphatic heterocycles. The molecule has 1 aromatic carbocycles. The Morgan fingerprint density at radius 2 is 1.90 bits per heavy atom. The molecule has 0 fully saturated rings. The van der Waals surface area contributed by atoms with Crippen LogP contribution < -0.4 is 5.56 Å². The van der Waals surface area contributed by atoms with Crippen LogP contribution in [0.4, 0.5) is 0 Å². The van der Waals surface area contributed by atoms with Crippen LogP contribution in [0.2, 0.25) is 0 Å². The number of esters is 1. The topological polar surface area (TPSA) is 48.3 Å². The number of benzene rings is 1. The highest BCUT2D eigenvalue weighted by Crippen LogP contribution is 2.05. The maximum Gasteiger partial charge on any atom is 0.326 e. The summed E-state index contributed by atoms with van der Waals surface area (Å²) in [5.74, 6) is -0.400. The molecule has 2 aromatic rings. The summed E-state index contributed by atoms with van der Waals surface area (Å²) in [4.78, 5) is 23.2. The van der Waals surface area contributed by atoms with Crippen LogP contribution in [0.15, 0.2) is 57.9 Å². The second kappa shape index (κ2) is 7.78. The number of carbonyl (C=O) groups is 1. The third kappa shape index (κ3) is 5.19. The third-order valence-corrected chi connectivity index (χ3v) is 3.43. The van der Waals surface area contributed by atoms with Gasteiger partial charge >= 0.3 is 5.97 Å². The lowest BCUT2D eigenvalue weighted by Crippen LogP contribution is -2.24. The van der Waals surface area contributed by atoms with Crippen LogP contribution in [-0.4, -0.2) is 17.1 Å². The Morgan fingerprint density at radius 3 is 2.67 bits per heavy atom. The molecule has 0 atom stereocenters.